The number of carbonyl (C=O) groups is 4. The summed E-state index contributed by atoms with van der Waals surface area (Å²) in [5.41, 5.74) is 9.33. The van der Waals surface area contributed by atoms with Crippen LogP contribution in [0.4, 0.5) is 10.5 Å². The molecule has 0 saturated carbocycles. The van der Waals surface area contributed by atoms with E-state index in [4.69, 9.17) is 5.73 Å². The maximum absolute atomic E-state index is 13.0. The Balaban J connectivity index is 1.65. The van der Waals surface area contributed by atoms with Gasteiger partial charge in [-0.3, -0.25) is 19.8 Å². The smallest absolute Gasteiger partial charge is 0.344 e. The summed E-state index contributed by atoms with van der Waals surface area (Å²) in [6, 6.07) is 16.4. The molecule has 0 aliphatic carbocycles. The van der Waals surface area contributed by atoms with Gasteiger partial charge in [-0.05, 0) is 49.9 Å². The lowest BCUT2D eigenvalue weighted by Crippen LogP contribution is -2.51. The molecule has 1 fully saturated rings. The maximum Gasteiger partial charge on any atom is 0.344 e. The standard InChI is InChI=1S/C24H29N5O4/c1-17-7-6-10-19(15-17)28(14-12-20(25)30)16-21(31)27-29-22(32)24(2,26-23(29)33)13-11-18-8-4-3-5-9-18/h3-10,15H,11-14,16H2,1-2H3,(H2,25,30)(H,26,33)(H,27,31)/t24-/m0/s1. The highest BCUT2D eigenvalue weighted by molar-refractivity contribution is 6.07. The summed E-state index contributed by atoms with van der Waals surface area (Å²) in [5, 5.41) is 3.42. The molecule has 5 amide bonds. The Labute approximate surface area is 192 Å². The Morgan fingerprint density at radius 2 is 1.85 bits per heavy atom. The first-order chi connectivity index (χ1) is 15.7. The number of hydrazine groups is 1. The van der Waals surface area contributed by atoms with Gasteiger partial charge in [0.15, 0.2) is 0 Å². The number of rotatable bonds is 10. The predicted molar refractivity (Wildman–Crippen MR) is 124 cm³/mol. The molecule has 0 unspecified atom stereocenters. The Bertz CT molecular complexity index is 1040. The zero-order valence-electron chi connectivity index (χ0n) is 18.8. The Morgan fingerprint density at radius 1 is 1.12 bits per heavy atom. The van der Waals surface area contributed by atoms with E-state index in [1.54, 1.807) is 11.8 Å². The molecule has 3 rings (SSSR count). The van der Waals surface area contributed by atoms with Gasteiger partial charge in [0.2, 0.25) is 5.91 Å². The molecule has 1 saturated heterocycles. The third kappa shape index (κ3) is 6.09. The number of nitrogens with zero attached hydrogens (tertiary/aromatic N) is 2. The molecule has 0 radical (unpaired) electrons. The van der Waals surface area contributed by atoms with E-state index in [0.29, 0.717) is 12.8 Å². The summed E-state index contributed by atoms with van der Waals surface area (Å²) < 4.78 is 0. The summed E-state index contributed by atoms with van der Waals surface area (Å²) in [5.74, 6) is -1.57. The van der Waals surface area contributed by atoms with Crippen molar-refractivity contribution in [1.29, 1.82) is 0 Å². The summed E-state index contributed by atoms with van der Waals surface area (Å²) >= 11 is 0. The second-order valence-electron chi connectivity index (χ2n) is 8.40. The van der Waals surface area contributed by atoms with Gasteiger partial charge < -0.3 is 16.0 Å². The van der Waals surface area contributed by atoms with Crippen LogP contribution in [0.2, 0.25) is 0 Å². The van der Waals surface area contributed by atoms with Gasteiger partial charge in [0.05, 0.1) is 6.54 Å². The number of hydrogen-bond donors (Lipinski definition) is 3. The van der Waals surface area contributed by atoms with E-state index in [1.807, 2.05) is 61.5 Å². The van der Waals surface area contributed by atoms with Crippen molar-refractivity contribution in [3.63, 3.8) is 0 Å². The first kappa shape index (κ1) is 23.8. The van der Waals surface area contributed by atoms with Crippen LogP contribution in [0.1, 0.15) is 30.9 Å². The molecule has 1 heterocycles. The van der Waals surface area contributed by atoms with Gasteiger partial charge in [-0.15, -0.1) is 0 Å². The zero-order chi connectivity index (χ0) is 24.0. The average Bonchev–Trinajstić information content (AvgIpc) is 2.99. The van der Waals surface area contributed by atoms with Crippen LogP contribution in [-0.4, -0.2) is 47.4 Å². The summed E-state index contributed by atoms with van der Waals surface area (Å²) in [4.78, 5) is 51.1. The lowest BCUT2D eigenvalue weighted by molar-refractivity contribution is -0.138. The van der Waals surface area contributed by atoms with E-state index in [-0.39, 0.29) is 19.5 Å². The SMILES string of the molecule is Cc1cccc(N(CCC(N)=O)CC(=O)NN2C(=O)N[C@@](C)(CCc3ccccc3)C2=O)c1. The average molecular weight is 452 g/mol. The quantitative estimate of drug-likeness (QED) is 0.474. The largest absolute Gasteiger partial charge is 0.370 e. The van der Waals surface area contributed by atoms with Crippen molar-refractivity contribution in [3.8, 4) is 0 Å². The normalized spacial score (nSPS) is 17.6. The molecule has 174 valence electrons. The number of benzene rings is 2. The molecule has 1 aliphatic heterocycles. The fourth-order valence-corrected chi connectivity index (χ4v) is 3.70. The number of aryl methyl sites for hydroxylation is 2. The van der Waals surface area contributed by atoms with Crippen LogP contribution in [0.15, 0.2) is 54.6 Å². The van der Waals surface area contributed by atoms with Gasteiger partial charge in [0.25, 0.3) is 11.8 Å². The van der Waals surface area contributed by atoms with Gasteiger partial charge in [-0.25, -0.2) is 4.79 Å². The molecule has 33 heavy (non-hydrogen) atoms. The molecule has 4 N–H and O–H groups in total. The van der Waals surface area contributed by atoms with Crippen molar-refractivity contribution in [2.75, 3.05) is 18.0 Å². The Hall–Kier alpha value is -3.88. The molecular weight excluding hydrogens is 422 g/mol. The fourth-order valence-electron chi connectivity index (χ4n) is 3.70. The first-order valence-electron chi connectivity index (χ1n) is 10.8. The minimum atomic E-state index is -1.12. The van der Waals surface area contributed by atoms with Gasteiger partial charge in [-0.1, -0.05) is 42.5 Å². The van der Waals surface area contributed by atoms with Crippen molar-refractivity contribution in [1.82, 2.24) is 15.8 Å². The van der Waals surface area contributed by atoms with Crippen LogP contribution in [0.5, 0.6) is 0 Å². The molecular formula is C24H29N5O4. The topological polar surface area (TPSA) is 125 Å². The van der Waals surface area contributed by atoms with Crippen LogP contribution in [-0.2, 0) is 20.8 Å². The summed E-state index contributed by atoms with van der Waals surface area (Å²) in [7, 11) is 0. The highest BCUT2D eigenvalue weighted by Gasteiger charge is 2.48. The third-order valence-corrected chi connectivity index (χ3v) is 5.58. The summed E-state index contributed by atoms with van der Waals surface area (Å²) in [6.45, 7) is 3.63. The van der Waals surface area contributed by atoms with Gasteiger partial charge in [-0.2, -0.15) is 5.01 Å². The van der Waals surface area contributed by atoms with Crippen LogP contribution in [0.3, 0.4) is 0 Å². The highest BCUT2D eigenvalue weighted by Crippen LogP contribution is 2.22. The van der Waals surface area contributed by atoms with Crippen molar-refractivity contribution in [3.05, 3.63) is 65.7 Å². The van der Waals surface area contributed by atoms with Crippen LogP contribution in [0.25, 0.3) is 0 Å². The lowest BCUT2D eigenvalue weighted by atomic mass is 9.93. The number of anilines is 1. The minimum absolute atomic E-state index is 0.0575. The number of primary amides is 1. The molecule has 1 aliphatic rings. The van der Waals surface area contributed by atoms with Crippen molar-refractivity contribution in [2.45, 2.75) is 38.6 Å². The van der Waals surface area contributed by atoms with E-state index in [1.165, 1.54) is 0 Å². The number of nitrogens with one attached hydrogen (secondary N) is 2. The fraction of sp³-hybridized carbons (Fsp3) is 0.333. The highest BCUT2D eigenvalue weighted by atomic mass is 16.2. The van der Waals surface area contributed by atoms with Gasteiger partial charge in [0, 0.05) is 18.7 Å². The van der Waals surface area contributed by atoms with Gasteiger partial charge in [0.1, 0.15) is 5.54 Å². The first-order valence-corrected chi connectivity index (χ1v) is 10.8. The third-order valence-electron chi connectivity index (χ3n) is 5.58. The number of urea groups is 1. The lowest BCUT2D eigenvalue weighted by Gasteiger charge is -2.25. The maximum atomic E-state index is 13.0. The molecule has 0 bridgehead atoms. The minimum Gasteiger partial charge on any atom is -0.370 e. The van der Waals surface area contributed by atoms with Crippen LogP contribution >= 0.6 is 0 Å². The molecule has 9 nitrogen and oxygen atoms in total. The van der Waals surface area contributed by atoms with Crippen LogP contribution < -0.4 is 21.4 Å². The monoisotopic (exact) mass is 451 g/mol. The molecule has 0 aromatic heterocycles. The number of carbonyl (C=O) groups excluding carboxylic acids is 4. The van der Waals surface area contributed by atoms with Gasteiger partial charge >= 0.3 is 6.03 Å². The molecule has 2 aromatic rings. The number of amides is 5. The number of hydrogen-bond acceptors (Lipinski definition) is 5. The van der Waals surface area contributed by atoms with E-state index in [2.05, 4.69) is 10.7 Å². The second-order valence-corrected chi connectivity index (χ2v) is 8.40. The summed E-state index contributed by atoms with van der Waals surface area (Å²) in [6.07, 6.45) is 1.04. The van der Waals surface area contributed by atoms with Crippen molar-refractivity contribution >= 4 is 29.4 Å². The molecule has 2 aromatic carbocycles. The van der Waals surface area contributed by atoms with E-state index in [9.17, 15) is 19.2 Å². The van der Waals surface area contributed by atoms with Crippen molar-refractivity contribution < 1.29 is 19.2 Å². The molecule has 0 spiro atoms. The molecule has 1 atom stereocenters. The van der Waals surface area contributed by atoms with E-state index < -0.39 is 29.3 Å². The van der Waals surface area contributed by atoms with E-state index in [0.717, 1.165) is 21.8 Å². The number of imide groups is 1. The second kappa shape index (κ2) is 10.2. The zero-order valence-corrected chi connectivity index (χ0v) is 18.8. The van der Waals surface area contributed by atoms with E-state index >= 15 is 0 Å². The Morgan fingerprint density at radius 3 is 2.52 bits per heavy atom. The molecule has 9 heteroatoms. The Kier molecular flexibility index (Phi) is 7.32. The number of nitrogens with two attached hydrogens (primary N) is 1. The van der Waals surface area contributed by atoms with Crippen LogP contribution in [0, 0.1) is 6.92 Å². The predicted octanol–water partition coefficient (Wildman–Crippen LogP) is 1.65. The van der Waals surface area contributed by atoms with Crippen molar-refractivity contribution in [2.24, 2.45) is 5.73 Å².